The molecule has 0 radical (unpaired) electrons. The normalized spacial score (nSPS) is 10.5. The van der Waals surface area contributed by atoms with Crippen LogP contribution in [-0.2, 0) is 6.54 Å². The van der Waals surface area contributed by atoms with Gasteiger partial charge in [-0.1, -0.05) is 12.1 Å². The number of hydrogen-bond donors (Lipinski definition) is 1. The summed E-state index contributed by atoms with van der Waals surface area (Å²) in [5.74, 6) is -0.730. The number of halogens is 1. The second kappa shape index (κ2) is 6.83. The molecule has 0 bridgehead atoms. The number of pyridine rings is 1. The molecule has 3 aromatic rings. The minimum absolute atomic E-state index is 0.304. The Morgan fingerprint density at radius 3 is 2.83 bits per heavy atom. The Hall–Kier alpha value is -3.02. The summed E-state index contributed by atoms with van der Waals surface area (Å²) in [4.78, 5) is 16.1. The Balaban J connectivity index is 1.55. The Morgan fingerprint density at radius 1 is 1.13 bits per heavy atom. The molecule has 0 fully saturated rings. The third kappa shape index (κ3) is 3.79. The maximum Gasteiger partial charge on any atom is 0.251 e. The number of rotatable bonds is 5. The zero-order valence-corrected chi connectivity index (χ0v) is 12.3. The lowest BCUT2D eigenvalue weighted by Crippen LogP contribution is -2.27. The molecular weight excluding hydrogens is 295 g/mol. The van der Waals surface area contributed by atoms with Crippen molar-refractivity contribution in [1.82, 2.24) is 20.1 Å². The van der Waals surface area contributed by atoms with Gasteiger partial charge >= 0.3 is 0 Å². The fourth-order valence-electron chi connectivity index (χ4n) is 2.15. The van der Waals surface area contributed by atoms with E-state index in [2.05, 4.69) is 15.4 Å². The van der Waals surface area contributed by atoms with Gasteiger partial charge in [0, 0.05) is 24.5 Å². The van der Waals surface area contributed by atoms with Gasteiger partial charge in [0.15, 0.2) is 0 Å². The number of nitrogens with one attached hydrogen (secondary N) is 1. The number of benzene rings is 1. The maximum absolute atomic E-state index is 13.1. The van der Waals surface area contributed by atoms with E-state index in [4.69, 9.17) is 0 Å². The van der Waals surface area contributed by atoms with Crippen molar-refractivity contribution in [3.8, 4) is 11.4 Å². The zero-order chi connectivity index (χ0) is 16.1. The monoisotopic (exact) mass is 310 g/mol. The Bertz CT molecular complexity index is 801. The van der Waals surface area contributed by atoms with Gasteiger partial charge in [-0.3, -0.25) is 14.5 Å². The van der Waals surface area contributed by atoms with Crippen molar-refractivity contribution >= 4 is 5.91 Å². The molecule has 1 aromatic carbocycles. The summed E-state index contributed by atoms with van der Waals surface area (Å²) >= 11 is 0. The first-order valence-electron chi connectivity index (χ1n) is 7.21. The molecule has 0 saturated heterocycles. The number of nitrogens with zero attached hydrogens (tertiary/aromatic N) is 3. The summed E-state index contributed by atoms with van der Waals surface area (Å²) in [5, 5.41) is 7.15. The van der Waals surface area contributed by atoms with E-state index in [1.54, 1.807) is 16.9 Å². The Labute approximate surface area is 132 Å². The third-order valence-electron chi connectivity index (χ3n) is 3.28. The van der Waals surface area contributed by atoms with Crippen LogP contribution in [-0.4, -0.2) is 27.2 Å². The van der Waals surface area contributed by atoms with Gasteiger partial charge in [-0.05, 0) is 36.4 Å². The highest BCUT2D eigenvalue weighted by molar-refractivity contribution is 5.94. The maximum atomic E-state index is 13.1. The summed E-state index contributed by atoms with van der Waals surface area (Å²) in [5.41, 5.74) is 1.89. The van der Waals surface area contributed by atoms with Gasteiger partial charge in [0.1, 0.15) is 11.5 Å². The molecule has 23 heavy (non-hydrogen) atoms. The largest absolute Gasteiger partial charge is 0.350 e. The van der Waals surface area contributed by atoms with Crippen LogP contribution in [0.2, 0.25) is 0 Å². The molecule has 2 aromatic heterocycles. The van der Waals surface area contributed by atoms with E-state index in [0.717, 1.165) is 11.4 Å². The standard InChI is InChI=1S/C17H15FN4O/c18-14-5-3-4-13(12-14)17(23)20-9-11-22-10-7-16(21-22)15-6-1-2-8-19-15/h1-8,10,12H,9,11H2,(H,20,23). The molecule has 0 unspecified atom stereocenters. The Kier molecular flexibility index (Phi) is 4.42. The van der Waals surface area contributed by atoms with E-state index in [1.165, 1.54) is 18.2 Å². The van der Waals surface area contributed by atoms with Crippen LogP contribution < -0.4 is 5.32 Å². The van der Waals surface area contributed by atoms with E-state index < -0.39 is 5.82 Å². The number of aromatic nitrogens is 3. The van der Waals surface area contributed by atoms with E-state index in [0.29, 0.717) is 18.7 Å². The van der Waals surface area contributed by atoms with Crippen molar-refractivity contribution in [2.24, 2.45) is 0 Å². The van der Waals surface area contributed by atoms with Crippen LogP contribution >= 0.6 is 0 Å². The highest BCUT2D eigenvalue weighted by Gasteiger charge is 2.06. The van der Waals surface area contributed by atoms with Crippen molar-refractivity contribution in [3.05, 3.63) is 72.3 Å². The van der Waals surface area contributed by atoms with Crippen LogP contribution in [0.25, 0.3) is 11.4 Å². The van der Waals surface area contributed by atoms with Crippen molar-refractivity contribution in [2.75, 3.05) is 6.54 Å². The van der Waals surface area contributed by atoms with E-state index in [1.807, 2.05) is 30.5 Å². The van der Waals surface area contributed by atoms with Gasteiger partial charge in [0.05, 0.1) is 12.2 Å². The first kappa shape index (κ1) is 14.9. The number of amides is 1. The molecule has 0 spiro atoms. The van der Waals surface area contributed by atoms with Gasteiger partial charge in [0.2, 0.25) is 0 Å². The Morgan fingerprint density at radius 2 is 2.04 bits per heavy atom. The van der Waals surface area contributed by atoms with Crippen molar-refractivity contribution in [1.29, 1.82) is 0 Å². The lowest BCUT2D eigenvalue weighted by Gasteiger charge is -2.05. The van der Waals surface area contributed by atoms with Gasteiger partial charge in [0.25, 0.3) is 5.91 Å². The molecule has 1 N–H and O–H groups in total. The SMILES string of the molecule is O=C(NCCn1ccc(-c2ccccn2)n1)c1cccc(F)c1. The van der Waals surface area contributed by atoms with E-state index in [-0.39, 0.29) is 5.91 Å². The molecule has 0 aliphatic rings. The van der Waals surface area contributed by atoms with E-state index >= 15 is 0 Å². The van der Waals surface area contributed by atoms with Crippen LogP contribution in [0.4, 0.5) is 4.39 Å². The average molecular weight is 310 g/mol. The predicted octanol–water partition coefficient (Wildman–Crippen LogP) is 2.51. The highest BCUT2D eigenvalue weighted by Crippen LogP contribution is 2.12. The van der Waals surface area contributed by atoms with Crippen molar-refractivity contribution < 1.29 is 9.18 Å². The highest BCUT2D eigenvalue weighted by atomic mass is 19.1. The molecule has 0 saturated carbocycles. The van der Waals surface area contributed by atoms with Gasteiger partial charge in [-0.2, -0.15) is 5.10 Å². The summed E-state index contributed by atoms with van der Waals surface area (Å²) < 4.78 is 14.8. The first-order valence-corrected chi connectivity index (χ1v) is 7.21. The molecule has 0 aliphatic carbocycles. The minimum Gasteiger partial charge on any atom is -0.350 e. The lowest BCUT2D eigenvalue weighted by molar-refractivity contribution is 0.0951. The van der Waals surface area contributed by atoms with Crippen molar-refractivity contribution in [2.45, 2.75) is 6.54 Å². The fourth-order valence-corrected chi connectivity index (χ4v) is 2.15. The first-order chi connectivity index (χ1) is 11.2. The number of carbonyl (C=O) groups excluding carboxylic acids is 1. The molecule has 116 valence electrons. The topological polar surface area (TPSA) is 59.8 Å². The molecule has 3 rings (SSSR count). The summed E-state index contributed by atoms with van der Waals surface area (Å²) in [6.07, 6.45) is 3.55. The second-order valence-electron chi connectivity index (χ2n) is 4.95. The van der Waals surface area contributed by atoms with Gasteiger partial charge < -0.3 is 5.32 Å². The molecular formula is C17H15FN4O. The second-order valence-corrected chi connectivity index (χ2v) is 4.95. The molecule has 1 amide bonds. The minimum atomic E-state index is -0.426. The van der Waals surface area contributed by atoms with Gasteiger partial charge in [-0.25, -0.2) is 4.39 Å². The fraction of sp³-hybridized carbons (Fsp3) is 0.118. The molecule has 2 heterocycles. The van der Waals surface area contributed by atoms with Gasteiger partial charge in [-0.15, -0.1) is 0 Å². The number of hydrogen-bond acceptors (Lipinski definition) is 3. The van der Waals surface area contributed by atoms with Crippen LogP contribution in [0.1, 0.15) is 10.4 Å². The smallest absolute Gasteiger partial charge is 0.251 e. The number of carbonyl (C=O) groups is 1. The van der Waals surface area contributed by atoms with Crippen LogP contribution in [0, 0.1) is 5.82 Å². The quantitative estimate of drug-likeness (QED) is 0.788. The molecule has 0 atom stereocenters. The molecule has 0 aliphatic heterocycles. The van der Waals surface area contributed by atoms with Crippen molar-refractivity contribution in [3.63, 3.8) is 0 Å². The van der Waals surface area contributed by atoms with E-state index in [9.17, 15) is 9.18 Å². The van der Waals surface area contributed by atoms with Crippen LogP contribution in [0.15, 0.2) is 60.9 Å². The third-order valence-corrected chi connectivity index (χ3v) is 3.28. The molecule has 6 heteroatoms. The lowest BCUT2D eigenvalue weighted by atomic mass is 10.2. The van der Waals surface area contributed by atoms with Crippen LogP contribution in [0.3, 0.4) is 0 Å². The summed E-state index contributed by atoms with van der Waals surface area (Å²) in [6, 6.07) is 13.1. The zero-order valence-electron chi connectivity index (χ0n) is 12.3. The molecule has 5 nitrogen and oxygen atoms in total. The van der Waals surface area contributed by atoms with Crippen LogP contribution in [0.5, 0.6) is 0 Å². The predicted molar refractivity (Wildman–Crippen MR) is 84.2 cm³/mol. The average Bonchev–Trinajstić information content (AvgIpc) is 3.04. The summed E-state index contributed by atoms with van der Waals surface area (Å²) in [6.45, 7) is 0.923. The summed E-state index contributed by atoms with van der Waals surface area (Å²) in [7, 11) is 0.